The van der Waals surface area contributed by atoms with Gasteiger partial charge >= 0.3 is 0 Å². The first-order valence-corrected chi connectivity index (χ1v) is 15.6. The van der Waals surface area contributed by atoms with Gasteiger partial charge in [0.15, 0.2) is 0 Å². The van der Waals surface area contributed by atoms with E-state index in [-0.39, 0.29) is 28.2 Å². The zero-order valence-corrected chi connectivity index (χ0v) is 26.1. The molecule has 0 fully saturated rings. The van der Waals surface area contributed by atoms with Gasteiger partial charge in [0.05, 0.1) is 27.2 Å². The van der Waals surface area contributed by atoms with Gasteiger partial charge in [-0.25, -0.2) is 12.8 Å². The largest absolute Gasteiger partial charge is 0.494 e. The van der Waals surface area contributed by atoms with Gasteiger partial charge in [0, 0.05) is 12.6 Å². The lowest BCUT2D eigenvalue weighted by Crippen LogP contribution is -2.52. The number of nitrogens with zero attached hydrogens (tertiary/aromatic N) is 2. The van der Waals surface area contributed by atoms with E-state index in [0.29, 0.717) is 29.4 Å². The van der Waals surface area contributed by atoms with Crippen LogP contribution in [0.5, 0.6) is 5.75 Å². The molecule has 3 rings (SSSR count). The van der Waals surface area contributed by atoms with Crippen LogP contribution in [-0.4, -0.2) is 50.4 Å². The first-order valence-electron chi connectivity index (χ1n) is 13.4. The first kappa shape index (κ1) is 33.2. The molecule has 2 atom stereocenters. The third kappa shape index (κ3) is 8.36. The summed E-state index contributed by atoms with van der Waals surface area (Å²) in [6, 6.07) is 14.3. The molecule has 12 heteroatoms. The highest BCUT2D eigenvalue weighted by molar-refractivity contribution is 7.92. The molecular weight excluding hydrogens is 604 g/mol. The van der Waals surface area contributed by atoms with Crippen LogP contribution in [0.2, 0.25) is 10.0 Å². The number of carbonyl (C=O) groups is 2. The Balaban J connectivity index is 2.03. The van der Waals surface area contributed by atoms with Crippen molar-refractivity contribution >= 4 is 50.7 Å². The number of halogens is 3. The molecule has 0 aliphatic carbocycles. The van der Waals surface area contributed by atoms with Crippen molar-refractivity contribution in [2.24, 2.45) is 0 Å². The number of nitrogens with one attached hydrogen (secondary N) is 1. The summed E-state index contributed by atoms with van der Waals surface area (Å²) in [6.07, 6.45) is 0.678. The van der Waals surface area contributed by atoms with Crippen LogP contribution in [0, 0.1) is 5.82 Å². The number of carbonyl (C=O) groups excluding carboxylic acids is 2. The number of hydrogen-bond acceptors (Lipinski definition) is 5. The smallest absolute Gasteiger partial charge is 0.264 e. The molecule has 8 nitrogen and oxygen atoms in total. The Bertz CT molecular complexity index is 1490. The van der Waals surface area contributed by atoms with Crippen LogP contribution >= 0.6 is 23.2 Å². The number of rotatable bonds is 13. The van der Waals surface area contributed by atoms with Gasteiger partial charge in [-0.15, -0.1) is 0 Å². The third-order valence-corrected chi connectivity index (χ3v) is 9.15. The number of hydrogen-bond donors (Lipinski definition) is 1. The van der Waals surface area contributed by atoms with E-state index in [1.54, 1.807) is 32.0 Å². The van der Waals surface area contributed by atoms with Crippen molar-refractivity contribution in [3.8, 4) is 5.75 Å². The van der Waals surface area contributed by atoms with Gasteiger partial charge in [0.25, 0.3) is 10.0 Å². The van der Waals surface area contributed by atoms with E-state index in [0.717, 1.165) is 16.4 Å². The average molecular weight is 639 g/mol. The summed E-state index contributed by atoms with van der Waals surface area (Å²) in [5, 5.41) is 3.46. The molecule has 0 heterocycles. The predicted octanol–water partition coefficient (Wildman–Crippen LogP) is 6.06. The lowest BCUT2D eigenvalue weighted by molar-refractivity contribution is -0.139. The number of anilines is 1. The molecule has 0 saturated carbocycles. The molecule has 0 saturated heterocycles. The van der Waals surface area contributed by atoms with Gasteiger partial charge in [0.1, 0.15) is 24.2 Å². The number of amides is 2. The SMILES string of the molecule is CCOc1ccc(S(=O)(=O)N(CC(=O)N(Cc2ccc(Cl)c(Cl)c2)C(C)C(=O)NC(C)CC)c2ccc(F)cc2)cc1. The van der Waals surface area contributed by atoms with E-state index < -0.39 is 40.2 Å². The predicted molar refractivity (Wildman–Crippen MR) is 163 cm³/mol. The van der Waals surface area contributed by atoms with Crippen LogP contribution in [0.4, 0.5) is 10.1 Å². The Kier molecular flexibility index (Phi) is 11.6. The summed E-state index contributed by atoms with van der Waals surface area (Å²) in [4.78, 5) is 28.3. The third-order valence-electron chi connectivity index (χ3n) is 6.62. The summed E-state index contributed by atoms with van der Waals surface area (Å²) < 4.78 is 47.9. The van der Waals surface area contributed by atoms with Gasteiger partial charge in [0.2, 0.25) is 11.8 Å². The fraction of sp³-hybridized carbons (Fsp3) is 0.333. The average Bonchev–Trinajstić information content (AvgIpc) is 2.96. The molecule has 0 radical (unpaired) electrons. The summed E-state index contributed by atoms with van der Waals surface area (Å²) in [5.41, 5.74) is 0.661. The maximum atomic E-state index is 14.0. The molecule has 0 aromatic heterocycles. The maximum Gasteiger partial charge on any atom is 0.264 e. The molecular formula is C30H34Cl2FN3O5S. The van der Waals surface area contributed by atoms with Crippen molar-refractivity contribution < 1.29 is 27.1 Å². The lowest BCUT2D eigenvalue weighted by atomic mass is 10.1. The Morgan fingerprint density at radius 3 is 2.17 bits per heavy atom. The standard InChI is InChI=1S/C30H34Cl2FN3O5S/c1-5-20(3)34-30(38)21(4)35(18-22-7-16-27(31)28(32)17-22)29(37)19-36(24-10-8-23(33)9-11-24)42(39,40)26-14-12-25(13-15-26)41-6-2/h7-17,20-21H,5-6,18-19H2,1-4H3,(H,34,38). The minimum Gasteiger partial charge on any atom is -0.494 e. The van der Waals surface area contributed by atoms with E-state index in [1.165, 1.54) is 41.3 Å². The molecule has 42 heavy (non-hydrogen) atoms. The fourth-order valence-electron chi connectivity index (χ4n) is 4.02. The second-order valence-electron chi connectivity index (χ2n) is 9.66. The van der Waals surface area contributed by atoms with Crippen molar-refractivity contribution in [3.05, 3.63) is 88.2 Å². The summed E-state index contributed by atoms with van der Waals surface area (Å²) >= 11 is 12.3. The van der Waals surface area contributed by atoms with Gasteiger partial charge in [-0.05, 0) is 93.4 Å². The number of ether oxygens (including phenoxy) is 1. The van der Waals surface area contributed by atoms with Crippen molar-refractivity contribution in [2.45, 2.75) is 57.6 Å². The molecule has 1 N–H and O–H groups in total. The van der Waals surface area contributed by atoms with Crippen LogP contribution in [0.3, 0.4) is 0 Å². The highest BCUT2D eigenvalue weighted by atomic mass is 35.5. The van der Waals surface area contributed by atoms with Gasteiger partial charge in [-0.3, -0.25) is 13.9 Å². The molecule has 3 aromatic rings. The summed E-state index contributed by atoms with van der Waals surface area (Å²) in [5.74, 6) is -1.15. The first-order chi connectivity index (χ1) is 19.9. The zero-order valence-electron chi connectivity index (χ0n) is 23.8. The molecule has 226 valence electrons. The van der Waals surface area contributed by atoms with Gasteiger partial charge in [-0.1, -0.05) is 36.2 Å². The van der Waals surface area contributed by atoms with Crippen molar-refractivity contribution in [2.75, 3.05) is 17.5 Å². The van der Waals surface area contributed by atoms with Crippen molar-refractivity contribution in [3.63, 3.8) is 0 Å². The molecule has 2 amide bonds. The van der Waals surface area contributed by atoms with E-state index in [1.807, 2.05) is 13.8 Å². The summed E-state index contributed by atoms with van der Waals surface area (Å²) in [7, 11) is -4.31. The van der Waals surface area contributed by atoms with E-state index in [9.17, 15) is 22.4 Å². The van der Waals surface area contributed by atoms with Crippen LogP contribution in [-0.2, 0) is 26.2 Å². The molecule has 0 aliphatic heterocycles. The number of sulfonamides is 1. The highest BCUT2D eigenvalue weighted by Gasteiger charge is 2.33. The van der Waals surface area contributed by atoms with Crippen LogP contribution in [0.15, 0.2) is 71.6 Å². The Morgan fingerprint density at radius 2 is 1.60 bits per heavy atom. The van der Waals surface area contributed by atoms with E-state index in [2.05, 4.69) is 5.32 Å². The van der Waals surface area contributed by atoms with Gasteiger partial charge < -0.3 is 15.0 Å². The molecule has 0 aliphatic rings. The maximum absolute atomic E-state index is 14.0. The molecule has 0 bridgehead atoms. The molecule has 0 spiro atoms. The molecule has 3 aromatic carbocycles. The lowest BCUT2D eigenvalue weighted by Gasteiger charge is -2.32. The Labute approximate surface area is 256 Å². The zero-order chi connectivity index (χ0) is 31.0. The van der Waals surface area contributed by atoms with Gasteiger partial charge in [-0.2, -0.15) is 0 Å². The Morgan fingerprint density at radius 1 is 0.952 bits per heavy atom. The van der Waals surface area contributed by atoms with Crippen LogP contribution in [0.25, 0.3) is 0 Å². The number of benzene rings is 3. The fourth-order valence-corrected chi connectivity index (χ4v) is 5.76. The Hall–Kier alpha value is -3.34. The van der Waals surface area contributed by atoms with Crippen molar-refractivity contribution in [1.29, 1.82) is 0 Å². The van der Waals surface area contributed by atoms with Crippen LogP contribution in [0.1, 0.15) is 39.7 Å². The van der Waals surface area contributed by atoms with Crippen LogP contribution < -0.4 is 14.4 Å². The second kappa shape index (κ2) is 14.7. The normalized spacial score (nSPS) is 12.7. The second-order valence-corrected chi connectivity index (χ2v) is 12.3. The highest BCUT2D eigenvalue weighted by Crippen LogP contribution is 2.27. The van der Waals surface area contributed by atoms with E-state index in [4.69, 9.17) is 27.9 Å². The monoisotopic (exact) mass is 637 g/mol. The minimum absolute atomic E-state index is 0.0504. The topological polar surface area (TPSA) is 96.0 Å². The summed E-state index contributed by atoms with van der Waals surface area (Å²) in [6.45, 7) is 6.82. The minimum atomic E-state index is -4.31. The van der Waals surface area contributed by atoms with E-state index >= 15 is 0 Å². The van der Waals surface area contributed by atoms with Crippen molar-refractivity contribution in [1.82, 2.24) is 10.2 Å². The quantitative estimate of drug-likeness (QED) is 0.246. The molecule has 2 unspecified atom stereocenters.